The molecule has 1 unspecified atom stereocenters. The third-order valence-electron chi connectivity index (χ3n) is 2.75. The molecule has 0 radical (unpaired) electrons. The lowest BCUT2D eigenvalue weighted by Gasteiger charge is -2.23. The number of aliphatic carboxylic acids is 2. The minimum absolute atomic E-state index is 0.335. The van der Waals surface area contributed by atoms with Gasteiger partial charge in [-0.2, -0.15) is 0 Å². The molecule has 0 aliphatic heterocycles. The Morgan fingerprint density at radius 3 is 2.58 bits per heavy atom. The van der Waals surface area contributed by atoms with Crippen LogP contribution in [0.15, 0.2) is 24.3 Å². The molecule has 0 fully saturated rings. The molecule has 0 aromatic heterocycles. The predicted molar refractivity (Wildman–Crippen MR) is 68.1 cm³/mol. The quantitative estimate of drug-likeness (QED) is 0.768. The largest absolute Gasteiger partial charge is 0.497 e. The van der Waals surface area contributed by atoms with Crippen molar-refractivity contribution in [2.45, 2.75) is 19.0 Å². The zero-order chi connectivity index (χ0) is 14.4. The molecule has 1 atom stereocenters. The third kappa shape index (κ3) is 4.59. The van der Waals surface area contributed by atoms with Crippen LogP contribution in [-0.4, -0.2) is 47.3 Å². The maximum absolute atomic E-state index is 11.1. The molecule has 0 saturated heterocycles. The van der Waals surface area contributed by atoms with E-state index < -0.39 is 24.4 Å². The van der Waals surface area contributed by atoms with Crippen LogP contribution in [0.3, 0.4) is 0 Å². The fourth-order valence-corrected chi connectivity index (χ4v) is 1.77. The lowest BCUT2D eigenvalue weighted by Crippen LogP contribution is -2.39. The molecule has 104 valence electrons. The molecule has 0 heterocycles. The van der Waals surface area contributed by atoms with Crippen molar-refractivity contribution in [3.63, 3.8) is 0 Å². The van der Waals surface area contributed by atoms with Crippen LogP contribution in [0, 0.1) is 0 Å². The molecule has 0 spiro atoms. The number of hydrogen-bond donors (Lipinski definition) is 2. The van der Waals surface area contributed by atoms with E-state index in [1.807, 2.05) is 6.07 Å². The lowest BCUT2D eigenvalue weighted by molar-refractivity contribution is -0.149. The van der Waals surface area contributed by atoms with Gasteiger partial charge in [0.15, 0.2) is 0 Å². The number of carboxylic acids is 2. The molecular weight excluding hydrogens is 250 g/mol. The van der Waals surface area contributed by atoms with E-state index in [2.05, 4.69) is 0 Å². The van der Waals surface area contributed by atoms with Crippen molar-refractivity contribution in [3.8, 4) is 5.75 Å². The van der Waals surface area contributed by atoms with Crippen LogP contribution < -0.4 is 4.74 Å². The second-order valence-electron chi connectivity index (χ2n) is 4.22. The van der Waals surface area contributed by atoms with E-state index in [1.54, 1.807) is 32.4 Å². The monoisotopic (exact) mass is 267 g/mol. The van der Waals surface area contributed by atoms with Gasteiger partial charge in [-0.25, -0.2) is 0 Å². The summed E-state index contributed by atoms with van der Waals surface area (Å²) < 4.78 is 5.08. The Hall–Kier alpha value is -2.08. The van der Waals surface area contributed by atoms with Crippen LogP contribution in [0.1, 0.15) is 12.0 Å². The first-order chi connectivity index (χ1) is 8.93. The number of benzene rings is 1. The summed E-state index contributed by atoms with van der Waals surface area (Å²) in [4.78, 5) is 23.2. The number of carboxylic acid groups (broad SMARTS) is 2. The van der Waals surface area contributed by atoms with Crippen molar-refractivity contribution in [1.82, 2.24) is 4.90 Å². The number of likely N-dealkylation sites (N-methyl/N-ethyl adjacent to an activating group) is 1. The summed E-state index contributed by atoms with van der Waals surface area (Å²) >= 11 is 0. The van der Waals surface area contributed by atoms with E-state index in [9.17, 15) is 9.59 Å². The first-order valence-electron chi connectivity index (χ1n) is 5.71. The number of carbonyl (C=O) groups is 2. The van der Waals surface area contributed by atoms with Gasteiger partial charge in [0, 0.05) is 6.54 Å². The first kappa shape index (κ1) is 15.0. The number of rotatable bonds is 7. The van der Waals surface area contributed by atoms with Gasteiger partial charge in [0.1, 0.15) is 11.8 Å². The second-order valence-corrected chi connectivity index (χ2v) is 4.22. The van der Waals surface area contributed by atoms with Crippen molar-refractivity contribution < 1.29 is 24.5 Å². The van der Waals surface area contributed by atoms with Crippen molar-refractivity contribution >= 4 is 11.9 Å². The highest BCUT2D eigenvalue weighted by molar-refractivity contribution is 5.80. The molecule has 1 rings (SSSR count). The Balaban J connectivity index is 2.77. The SMILES string of the molecule is COc1cccc(CN(C)C(CC(=O)O)C(=O)O)c1. The molecule has 1 aromatic rings. The van der Waals surface area contributed by atoms with Gasteiger partial charge in [0.05, 0.1) is 13.5 Å². The second kappa shape index (κ2) is 6.75. The third-order valence-corrected chi connectivity index (χ3v) is 2.75. The minimum atomic E-state index is -1.15. The zero-order valence-corrected chi connectivity index (χ0v) is 10.9. The molecule has 0 amide bonds. The normalized spacial score (nSPS) is 12.2. The van der Waals surface area contributed by atoms with E-state index in [4.69, 9.17) is 14.9 Å². The van der Waals surface area contributed by atoms with Crippen LogP contribution in [-0.2, 0) is 16.1 Å². The molecule has 6 nitrogen and oxygen atoms in total. The highest BCUT2D eigenvalue weighted by Gasteiger charge is 2.25. The van der Waals surface area contributed by atoms with E-state index in [1.165, 1.54) is 4.90 Å². The summed E-state index contributed by atoms with van der Waals surface area (Å²) in [6, 6.07) is 6.16. The molecule has 0 bridgehead atoms. The van der Waals surface area contributed by atoms with Crippen LogP contribution in [0.25, 0.3) is 0 Å². The van der Waals surface area contributed by atoms with Gasteiger partial charge in [-0.3, -0.25) is 14.5 Å². The first-order valence-corrected chi connectivity index (χ1v) is 5.71. The maximum Gasteiger partial charge on any atom is 0.321 e. The summed E-state index contributed by atoms with van der Waals surface area (Å²) in [5, 5.41) is 17.8. The Kier molecular flexibility index (Phi) is 5.32. The highest BCUT2D eigenvalue weighted by Crippen LogP contribution is 2.15. The Bertz CT molecular complexity index is 460. The maximum atomic E-state index is 11.1. The van der Waals surface area contributed by atoms with Gasteiger partial charge in [-0.15, -0.1) is 0 Å². The average molecular weight is 267 g/mol. The number of ether oxygens (including phenoxy) is 1. The number of hydrogen-bond acceptors (Lipinski definition) is 4. The molecule has 19 heavy (non-hydrogen) atoms. The van der Waals surface area contributed by atoms with E-state index in [0.29, 0.717) is 12.3 Å². The Labute approximate surface area is 111 Å². The zero-order valence-electron chi connectivity index (χ0n) is 10.9. The van der Waals surface area contributed by atoms with E-state index >= 15 is 0 Å². The van der Waals surface area contributed by atoms with Crippen molar-refractivity contribution in [2.24, 2.45) is 0 Å². The van der Waals surface area contributed by atoms with Crippen LogP contribution in [0.2, 0.25) is 0 Å². The average Bonchev–Trinajstić information content (AvgIpc) is 2.35. The molecule has 0 saturated carbocycles. The minimum Gasteiger partial charge on any atom is -0.497 e. The van der Waals surface area contributed by atoms with Crippen molar-refractivity contribution in [2.75, 3.05) is 14.2 Å². The standard InChI is InChI=1S/C13H17NO5/c1-14(11(13(17)18)7-12(15)16)8-9-4-3-5-10(6-9)19-2/h3-6,11H,7-8H2,1-2H3,(H,15,16)(H,17,18). The van der Waals surface area contributed by atoms with E-state index in [0.717, 1.165) is 5.56 Å². The van der Waals surface area contributed by atoms with Gasteiger partial charge in [-0.05, 0) is 24.7 Å². The van der Waals surface area contributed by atoms with Gasteiger partial charge in [0.2, 0.25) is 0 Å². The molecule has 0 aliphatic carbocycles. The Morgan fingerprint density at radius 2 is 2.05 bits per heavy atom. The topological polar surface area (TPSA) is 87.1 Å². The molecule has 1 aromatic carbocycles. The molecular formula is C13H17NO5. The molecule has 2 N–H and O–H groups in total. The van der Waals surface area contributed by atoms with Crippen molar-refractivity contribution in [3.05, 3.63) is 29.8 Å². The van der Waals surface area contributed by atoms with Gasteiger partial charge in [0.25, 0.3) is 0 Å². The fraction of sp³-hybridized carbons (Fsp3) is 0.385. The predicted octanol–water partition coefficient (Wildman–Crippen LogP) is 1.05. The summed E-state index contributed by atoms with van der Waals surface area (Å²) in [6.07, 6.45) is -0.435. The van der Waals surface area contributed by atoms with Gasteiger partial charge in [-0.1, -0.05) is 12.1 Å². The summed E-state index contributed by atoms with van der Waals surface area (Å²) in [7, 11) is 3.13. The van der Waals surface area contributed by atoms with Crippen molar-refractivity contribution in [1.29, 1.82) is 0 Å². The van der Waals surface area contributed by atoms with Gasteiger partial charge < -0.3 is 14.9 Å². The highest BCUT2D eigenvalue weighted by atomic mass is 16.5. The van der Waals surface area contributed by atoms with Crippen LogP contribution in [0.4, 0.5) is 0 Å². The summed E-state index contributed by atoms with van der Waals surface area (Å²) in [6.45, 7) is 0.335. The summed E-state index contributed by atoms with van der Waals surface area (Å²) in [5.41, 5.74) is 0.860. The van der Waals surface area contributed by atoms with Crippen LogP contribution >= 0.6 is 0 Å². The molecule has 6 heteroatoms. The fourth-order valence-electron chi connectivity index (χ4n) is 1.77. The van der Waals surface area contributed by atoms with Crippen LogP contribution in [0.5, 0.6) is 5.75 Å². The lowest BCUT2D eigenvalue weighted by atomic mass is 10.1. The smallest absolute Gasteiger partial charge is 0.321 e. The van der Waals surface area contributed by atoms with E-state index in [-0.39, 0.29) is 0 Å². The van der Waals surface area contributed by atoms with Gasteiger partial charge >= 0.3 is 11.9 Å². The molecule has 0 aliphatic rings. The summed E-state index contributed by atoms with van der Waals surface area (Å²) in [5.74, 6) is -1.60. The Morgan fingerprint density at radius 1 is 1.37 bits per heavy atom. The number of methoxy groups -OCH3 is 1. The number of nitrogens with zero attached hydrogens (tertiary/aromatic N) is 1.